The van der Waals surface area contributed by atoms with Crippen molar-refractivity contribution in [3.05, 3.63) is 0 Å². The lowest BCUT2D eigenvalue weighted by atomic mass is 10.0. The van der Waals surface area contributed by atoms with Gasteiger partial charge in [0.2, 0.25) is 5.79 Å². The zero-order valence-corrected chi connectivity index (χ0v) is 11.1. The molecule has 0 heterocycles. The van der Waals surface area contributed by atoms with Gasteiger partial charge < -0.3 is 19.7 Å². The number of aliphatic hydroxyl groups excluding tert-OH is 1. The van der Waals surface area contributed by atoms with Crippen LogP contribution in [0.15, 0.2) is 0 Å². The Morgan fingerprint density at radius 3 is 2.28 bits per heavy atom. The van der Waals surface area contributed by atoms with Gasteiger partial charge in [0.25, 0.3) is 0 Å². The molecule has 6 nitrogen and oxygen atoms in total. The predicted molar refractivity (Wildman–Crippen MR) is 63.5 cm³/mol. The Hall–Kier alpha value is -1.14. The van der Waals surface area contributed by atoms with Gasteiger partial charge in [0, 0.05) is 20.3 Å². The summed E-state index contributed by atoms with van der Waals surface area (Å²) in [5, 5.41) is 19.9. The van der Waals surface area contributed by atoms with Crippen molar-refractivity contribution in [1.29, 1.82) is 0 Å². The first kappa shape index (κ1) is 16.9. The fourth-order valence-corrected chi connectivity index (χ4v) is 1.49. The highest BCUT2D eigenvalue weighted by molar-refractivity contribution is 5.66. The largest absolute Gasteiger partial charge is 0.463 e. The van der Waals surface area contributed by atoms with E-state index in [0.29, 0.717) is 6.42 Å². The molecule has 2 atom stereocenters. The van der Waals surface area contributed by atoms with E-state index in [2.05, 4.69) is 4.74 Å². The lowest BCUT2D eigenvalue weighted by Crippen LogP contribution is -2.48. The molecule has 0 spiro atoms. The average Bonchev–Trinajstić information content (AvgIpc) is 2.25. The molecule has 2 N–H and O–H groups in total. The van der Waals surface area contributed by atoms with Crippen molar-refractivity contribution in [3.63, 3.8) is 0 Å². The maximum atomic E-state index is 10.9. The molecule has 0 aromatic rings. The zero-order chi connectivity index (χ0) is 14.2. The number of carbonyl (C=O) groups excluding carboxylic acids is 2. The summed E-state index contributed by atoms with van der Waals surface area (Å²) in [5.41, 5.74) is 0. The standard InChI is InChI=1S/C12H22O6/c1-4-5-6-7-12(16,18-10(3)14)11(15)8-17-9(2)13/h11,15-16H,4-8H2,1-3H3. The molecule has 0 rings (SSSR count). The molecule has 0 saturated heterocycles. The number of hydrogen-bond donors (Lipinski definition) is 2. The predicted octanol–water partition coefficient (Wildman–Crippen LogP) is 0.742. The van der Waals surface area contributed by atoms with Gasteiger partial charge in [0.05, 0.1) is 0 Å². The Morgan fingerprint density at radius 2 is 1.83 bits per heavy atom. The van der Waals surface area contributed by atoms with E-state index >= 15 is 0 Å². The van der Waals surface area contributed by atoms with Gasteiger partial charge in [-0.05, 0) is 6.42 Å². The van der Waals surface area contributed by atoms with E-state index < -0.39 is 30.4 Å². The summed E-state index contributed by atoms with van der Waals surface area (Å²) in [4.78, 5) is 21.6. The molecule has 0 bridgehead atoms. The maximum absolute atomic E-state index is 10.9. The number of rotatable bonds is 8. The van der Waals surface area contributed by atoms with Crippen LogP contribution in [-0.2, 0) is 19.1 Å². The first-order valence-electron chi connectivity index (χ1n) is 6.05. The van der Waals surface area contributed by atoms with E-state index in [0.717, 1.165) is 19.8 Å². The molecular formula is C12H22O6. The Labute approximate surface area is 107 Å². The van der Waals surface area contributed by atoms with Gasteiger partial charge in [-0.2, -0.15) is 0 Å². The number of carbonyl (C=O) groups is 2. The minimum atomic E-state index is -2.00. The number of unbranched alkanes of at least 4 members (excludes halogenated alkanes) is 2. The van der Waals surface area contributed by atoms with Crippen LogP contribution in [0.2, 0.25) is 0 Å². The molecular weight excluding hydrogens is 240 g/mol. The van der Waals surface area contributed by atoms with Gasteiger partial charge in [-0.3, -0.25) is 9.59 Å². The quantitative estimate of drug-likeness (QED) is 0.381. The van der Waals surface area contributed by atoms with Gasteiger partial charge in [-0.25, -0.2) is 0 Å². The lowest BCUT2D eigenvalue weighted by Gasteiger charge is -2.31. The summed E-state index contributed by atoms with van der Waals surface area (Å²) in [7, 11) is 0. The van der Waals surface area contributed by atoms with Gasteiger partial charge >= 0.3 is 11.9 Å². The summed E-state index contributed by atoms with van der Waals surface area (Å²) in [6.07, 6.45) is 1.00. The molecule has 0 amide bonds. The third-order valence-corrected chi connectivity index (χ3v) is 2.42. The average molecular weight is 262 g/mol. The van der Waals surface area contributed by atoms with E-state index in [9.17, 15) is 19.8 Å². The maximum Gasteiger partial charge on any atom is 0.305 e. The van der Waals surface area contributed by atoms with E-state index in [1.54, 1.807) is 0 Å². The summed E-state index contributed by atoms with van der Waals surface area (Å²) in [6, 6.07) is 0. The molecule has 0 aliphatic rings. The Kier molecular flexibility index (Phi) is 7.54. The van der Waals surface area contributed by atoms with Crippen LogP contribution in [0.25, 0.3) is 0 Å². The minimum absolute atomic E-state index is 0.100. The fraction of sp³-hybridized carbons (Fsp3) is 0.833. The van der Waals surface area contributed by atoms with Crippen molar-refractivity contribution in [3.8, 4) is 0 Å². The highest BCUT2D eigenvalue weighted by Crippen LogP contribution is 2.22. The molecule has 6 heteroatoms. The molecule has 0 aromatic heterocycles. The molecule has 0 aliphatic heterocycles. The first-order chi connectivity index (χ1) is 8.31. The highest BCUT2D eigenvalue weighted by Gasteiger charge is 2.39. The number of ether oxygens (including phenoxy) is 2. The second-order valence-electron chi connectivity index (χ2n) is 4.21. The molecule has 0 fully saturated rings. The normalized spacial score (nSPS) is 15.6. The van der Waals surface area contributed by atoms with Crippen molar-refractivity contribution < 1.29 is 29.3 Å². The van der Waals surface area contributed by atoms with Crippen LogP contribution < -0.4 is 0 Å². The SMILES string of the molecule is CCCCCC(O)(OC(C)=O)C(O)COC(C)=O. The molecule has 0 radical (unpaired) electrons. The van der Waals surface area contributed by atoms with E-state index in [1.165, 1.54) is 6.92 Å². The van der Waals surface area contributed by atoms with Crippen LogP contribution in [0.5, 0.6) is 0 Å². The van der Waals surface area contributed by atoms with Gasteiger partial charge in [-0.1, -0.05) is 19.8 Å². The van der Waals surface area contributed by atoms with Crippen LogP contribution in [0.3, 0.4) is 0 Å². The summed E-state index contributed by atoms with van der Waals surface area (Å²) in [5.74, 6) is -3.28. The first-order valence-corrected chi connectivity index (χ1v) is 6.05. The topological polar surface area (TPSA) is 93.1 Å². The Balaban J connectivity index is 4.51. The van der Waals surface area contributed by atoms with E-state index in [4.69, 9.17) is 4.74 Å². The summed E-state index contributed by atoms with van der Waals surface area (Å²) < 4.78 is 9.35. The van der Waals surface area contributed by atoms with Gasteiger partial charge in [-0.15, -0.1) is 0 Å². The minimum Gasteiger partial charge on any atom is -0.463 e. The van der Waals surface area contributed by atoms with Gasteiger partial charge in [0.15, 0.2) is 6.10 Å². The third kappa shape index (κ3) is 6.56. The molecule has 18 heavy (non-hydrogen) atoms. The third-order valence-electron chi connectivity index (χ3n) is 2.42. The molecule has 0 aliphatic carbocycles. The van der Waals surface area contributed by atoms with Crippen LogP contribution in [0.1, 0.15) is 46.5 Å². The highest BCUT2D eigenvalue weighted by atomic mass is 16.7. The van der Waals surface area contributed by atoms with Crippen molar-refractivity contribution in [2.24, 2.45) is 0 Å². The number of hydrogen-bond acceptors (Lipinski definition) is 6. The monoisotopic (exact) mass is 262 g/mol. The van der Waals surface area contributed by atoms with Crippen LogP contribution >= 0.6 is 0 Å². The van der Waals surface area contributed by atoms with Crippen LogP contribution in [0, 0.1) is 0 Å². The molecule has 0 saturated carbocycles. The van der Waals surface area contributed by atoms with Crippen molar-refractivity contribution in [2.45, 2.75) is 58.3 Å². The van der Waals surface area contributed by atoms with E-state index in [-0.39, 0.29) is 6.42 Å². The van der Waals surface area contributed by atoms with Crippen molar-refractivity contribution >= 4 is 11.9 Å². The van der Waals surface area contributed by atoms with Gasteiger partial charge in [0.1, 0.15) is 6.61 Å². The number of aliphatic hydroxyl groups is 2. The lowest BCUT2D eigenvalue weighted by molar-refractivity contribution is -0.255. The van der Waals surface area contributed by atoms with Crippen molar-refractivity contribution in [2.75, 3.05) is 6.61 Å². The van der Waals surface area contributed by atoms with E-state index in [1.807, 2.05) is 6.92 Å². The Morgan fingerprint density at radius 1 is 1.22 bits per heavy atom. The number of esters is 2. The van der Waals surface area contributed by atoms with Crippen molar-refractivity contribution in [1.82, 2.24) is 0 Å². The second kappa shape index (κ2) is 8.05. The molecule has 0 aromatic carbocycles. The summed E-state index contributed by atoms with van der Waals surface area (Å²) >= 11 is 0. The van der Waals surface area contributed by atoms with Crippen LogP contribution in [-0.4, -0.2) is 40.6 Å². The fourth-order valence-electron chi connectivity index (χ4n) is 1.49. The molecule has 2 unspecified atom stereocenters. The Bertz CT molecular complexity index is 278. The smallest absolute Gasteiger partial charge is 0.305 e. The van der Waals surface area contributed by atoms with Crippen LogP contribution in [0.4, 0.5) is 0 Å². The molecule has 106 valence electrons. The summed E-state index contributed by atoms with van der Waals surface area (Å²) in [6.45, 7) is 3.91. The zero-order valence-electron chi connectivity index (χ0n) is 11.1. The second-order valence-corrected chi connectivity index (χ2v) is 4.21.